The maximum atomic E-state index is 14.1. The van der Waals surface area contributed by atoms with Crippen molar-refractivity contribution in [2.45, 2.75) is 38.3 Å². The average Bonchev–Trinajstić information content (AvgIpc) is 3.58. The molecule has 1 aromatic heterocycles. The van der Waals surface area contributed by atoms with Crippen LogP contribution in [0.2, 0.25) is 0 Å². The van der Waals surface area contributed by atoms with Crippen LogP contribution in [0.3, 0.4) is 0 Å². The number of rotatable bonds is 7. The second-order valence-corrected chi connectivity index (χ2v) is 10.0. The summed E-state index contributed by atoms with van der Waals surface area (Å²) in [5.41, 5.74) is 2.85. The number of para-hydroxylation sites is 1. The van der Waals surface area contributed by atoms with Gasteiger partial charge in [-0.05, 0) is 67.5 Å². The van der Waals surface area contributed by atoms with E-state index in [0.717, 1.165) is 30.4 Å². The lowest BCUT2D eigenvalue weighted by Gasteiger charge is -2.37. The maximum absolute atomic E-state index is 14.1. The lowest BCUT2D eigenvalue weighted by molar-refractivity contribution is -0.135. The van der Waals surface area contributed by atoms with E-state index in [4.69, 9.17) is 4.74 Å². The second kappa shape index (κ2) is 10.1. The van der Waals surface area contributed by atoms with Gasteiger partial charge in [0, 0.05) is 23.2 Å². The van der Waals surface area contributed by atoms with Gasteiger partial charge in [0.25, 0.3) is 0 Å². The van der Waals surface area contributed by atoms with Gasteiger partial charge in [-0.1, -0.05) is 29.8 Å². The molecule has 2 heterocycles. The van der Waals surface area contributed by atoms with Crippen molar-refractivity contribution in [2.75, 3.05) is 25.0 Å². The number of carbonyl (C=O) groups is 2. The number of thiophene rings is 1. The molecule has 0 bridgehead atoms. The van der Waals surface area contributed by atoms with Gasteiger partial charge in [0.15, 0.2) is 11.6 Å². The number of hydrogen-bond donors (Lipinski definition) is 1. The molecule has 8 heteroatoms. The summed E-state index contributed by atoms with van der Waals surface area (Å²) in [7, 11) is 0. The number of hydrogen-bond acceptors (Lipinski definition) is 4. The van der Waals surface area contributed by atoms with Crippen LogP contribution in [0.4, 0.5) is 14.9 Å². The molecule has 1 N–H and O–H groups in total. The van der Waals surface area contributed by atoms with Gasteiger partial charge in [-0.3, -0.25) is 4.79 Å². The number of carbonyl (C=O) groups excluding carboxylic acids is 2. The van der Waals surface area contributed by atoms with Crippen LogP contribution in [-0.4, -0.2) is 47.5 Å². The molecule has 0 radical (unpaired) electrons. The van der Waals surface area contributed by atoms with Crippen molar-refractivity contribution in [1.29, 1.82) is 0 Å². The fourth-order valence-corrected chi connectivity index (χ4v) is 5.35. The summed E-state index contributed by atoms with van der Waals surface area (Å²) < 4.78 is 20.0. The molecule has 1 atom stereocenters. The lowest BCUT2D eigenvalue weighted by Crippen LogP contribution is -2.49. The van der Waals surface area contributed by atoms with Crippen molar-refractivity contribution in [1.82, 2.24) is 9.80 Å². The Hall–Kier alpha value is -3.39. The van der Waals surface area contributed by atoms with Crippen LogP contribution >= 0.6 is 11.3 Å². The third kappa shape index (κ3) is 5.32. The quantitative estimate of drug-likeness (QED) is 0.480. The molecule has 2 aromatic carbocycles. The molecule has 0 saturated heterocycles. The molecule has 0 unspecified atom stereocenters. The molecule has 35 heavy (non-hydrogen) atoms. The van der Waals surface area contributed by atoms with Gasteiger partial charge >= 0.3 is 6.03 Å². The Bertz CT molecular complexity index is 1210. The first-order valence-electron chi connectivity index (χ1n) is 11.9. The highest BCUT2D eigenvalue weighted by Crippen LogP contribution is 2.35. The highest BCUT2D eigenvalue weighted by Gasteiger charge is 2.38. The third-order valence-electron chi connectivity index (χ3n) is 6.51. The summed E-state index contributed by atoms with van der Waals surface area (Å²) in [5.74, 6) is -0.395. The zero-order valence-electron chi connectivity index (χ0n) is 19.6. The number of urea groups is 1. The van der Waals surface area contributed by atoms with Crippen molar-refractivity contribution in [2.24, 2.45) is 0 Å². The van der Waals surface area contributed by atoms with Crippen molar-refractivity contribution >= 4 is 29.0 Å². The normalized spacial score (nSPS) is 17.0. The number of halogens is 1. The molecule has 6 nitrogen and oxygen atoms in total. The molecular weight excluding hydrogens is 465 g/mol. The Kier molecular flexibility index (Phi) is 6.72. The Balaban J connectivity index is 1.30. The Morgan fingerprint density at radius 2 is 1.91 bits per heavy atom. The van der Waals surface area contributed by atoms with Gasteiger partial charge in [0.1, 0.15) is 13.2 Å². The number of benzene rings is 2. The fraction of sp³-hybridized carbons (Fsp3) is 0.333. The predicted octanol–water partition coefficient (Wildman–Crippen LogP) is 5.40. The summed E-state index contributed by atoms with van der Waals surface area (Å²) in [6, 6.07) is 15.4. The van der Waals surface area contributed by atoms with Crippen LogP contribution in [-0.2, 0) is 11.2 Å². The summed E-state index contributed by atoms with van der Waals surface area (Å²) in [6.07, 6.45) is 2.54. The molecule has 1 saturated carbocycles. The number of amides is 3. The molecule has 182 valence electrons. The maximum Gasteiger partial charge on any atom is 0.322 e. The van der Waals surface area contributed by atoms with Crippen LogP contribution in [0.25, 0.3) is 0 Å². The molecule has 1 fully saturated rings. The van der Waals surface area contributed by atoms with E-state index in [1.807, 2.05) is 42.6 Å². The van der Waals surface area contributed by atoms with E-state index in [1.54, 1.807) is 39.3 Å². The van der Waals surface area contributed by atoms with E-state index in [9.17, 15) is 14.0 Å². The molecule has 1 aliphatic carbocycles. The fourth-order valence-electron chi connectivity index (χ4n) is 4.43. The van der Waals surface area contributed by atoms with Crippen LogP contribution in [0.15, 0.2) is 60.0 Å². The van der Waals surface area contributed by atoms with E-state index < -0.39 is 5.82 Å². The summed E-state index contributed by atoms with van der Waals surface area (Å²) in [5, 5.41) is 4.94. The zero-order valence-corrected chi connectivity index (χ0v) is 20.4. The van der Waals surface area contributed by atoms with Crippen LogP contribution in [0, 0.1) is 12.7 Å². The van der Waals surface area contributed by atoms with Crippen LogP contribution in [0.5, 0.6) is 5.75 Å². The van der Waals surface area contributed by atoms with E-state index in [2.05, 4.69) is 5.32 Å². The molecule has 3 aromatic rings. The Morgan fingerprint density at radius 1 is 1.14 bits per heavy atom. The third-order valence-corrected chi connectivity index (χ3v) is 7.50. The lowest BCUT2D eigenvalue weighted by atomic mass is 10.0. The van der Waals surface area contributed by atoms with Gasteiger partial charge in [0.2, 0.25) is 5.91 Å². The number of ether oxygens (including phenoxy) is 1. The smallest absolute Gasteiger partial charge is 0.322 e. The summed E-state index contributed by atoms with van der Waals surface area (Å²) in [4.78, 5) is 31.2. The first kappa shape index (κ1) is 23.4. The van der Waals surface area contributed by atoms with Crippen molar-refractivity contribution in [3.8, 4) is 5.75 Å². The number of anilines is 1. The van der Waals surface area contributed by atoms with Crippen LogP contribution < -0.4 is 10.1 Å². The molecule has 0 spiro atoms. The SMILES string of the molecule is Cc1ccc(NC(=O)N(CC(=O)N2CCc3sccc3[C@@H]2COc2ccccc2F)C2CC2)cc1. The van der Waals surface area contributed by atoms with E-state index in [0.29, 0.717) is 12.2 Å². The number of nitrogens with one attached hydrogen (secondary N) is 1. The minimum atomic E-state index is -0.431. The summed E-state index contributed by atoms with van der Waals surface area (Å²) in [6.45, 7) is 2.67. The molecule has 2 aliphatic rings. The number of fused-ring (bicyclic) bond motifs is 1. The van der Waals surface area contributed by atoms with Crippen LogP contribution in [0.1, 0.15) is 34.9 Å². The van der Waals surface area contributed by atoms with Gasteiger partial charge in [-0.2, -0.15) is 0 Å². The van der Waals surface area contributed by atoms with Gasteiger partial charge in [-0.15, -0.1) is 11.3 Å². The van der Waals surface area contributed by atoms with Gasteiger partial charge < -0.3 is 19.9 Å². The van der Waals surface area contributed by atoms with Crippen molar-refractivity contribution in [3.63, 3.8) is 0 Å². The van der Waals surface area contributed by atoms with Crippen molar-refractivity contribution in [3.05, 3.63) is 81.8 Å². The van der Waals surface area contributed by atoms with E-state index in [-0.39, 0.29) is 42.9 Å². The average molecular weight is 494 g/mol. The van der Waals surface area contributed by atoms with Crippen molar-refractivity contribution < 1.29 is 18.7 Å². The van der Waals surface area contributed by atoms with E-state index in [1.165, 1.54) is 10.9 Å². The molecule has 5 rings (SSSR count). The Morgan fingerprint density at radius 3 is 2.66 bits per heavy atom. The van der Waals surface area contributed by atoms with E-state index >= 15 is 0 Å². The molecular formula is C27H28FN3O3S. The highest BCUT2D eigenvalue weighted by atomic mass is 32.1. The topological polar surface area (TPSA) is 61.9 Å². The minimum absolute atomic E-state index is 0.00195. The zero-order chi connectivity index (χ0) is 24.4. The number of nitrogens with zero attached hydrogens (tertiary/aromatic N) is 2. The first-order valence-corrected chi connectivity index (χ1v) is 12.7. The first-order chi connectivity index (χ1) is 17.0. The Labute approximate surface area is 208 Å². The standard InChI is InChI=1S/C27H28FN3O3S/c1-18-6-8-19(9-7-18)29-27(33)31(20-10-11-20)16-26(32)30-14-12-25-21(13-15-35-25)23(30)17-34-24-5-3-2-4-22(24)28/h2-9,13,15,20,23H,10-12,14,16-17H2,1H3,(H,29,33)/t23-/m0/s1. The largest absolute Gasteiger partial charge is 0.488 e. The monoisotopic (exact) mass is 493 g/mol. The predicted molar refractivity (Wildman–Crippen MR) is 134 cm³/mol. The highest BCUT2D eigenvalue weighted by molar-refractivity contribution is 7.10. The van der Waals surface area contributed by atoms with Gasteiger partial charge in [0.05, 0.1) is 6.04 Å². The molecule has 3 amide bonds. The molecule has 1 aliphatic heterocycles. The summed E-state index contributed by atoms with van der Waals surface area (Å²) >= 11 is 1.66. The number of aryl methyl sites for hydroxylation is 1. The van der Waals surface area contributed by atoms with Gasteiger partial charge in [-0.25, -0.2) is 9.18 Å². The second-order valence-electron chi connectivity index (χ2n) is 9.05. The minimum Gasteiger partial charge on any atom is -0.488 e.